The van der Waals surface area contributed by atoms with Crippen molar-refractivity contribution in [3.63, 3.8) is 0 Å². The highest BCUT2D eigenvalue weighted by Gasteiger charge is 2.34. The van der Waals surface area contributed by atoms with E-state index < -0.39 is 10.1 Å². The summed E-state index contributed by atoms with van der Waals surface area (Å²) in [6, 6.07) is 29.9. The molecule has 0 saturated carbocycles. The molecule has 1 amide bonds. The molecule has 4 aromatic rings. The molecule has 1 fully saturated rings. The molecule has 5 rings (SSSR count). The number of carbonyl (C=O) groups excluding carboxylic acids is 1. The first-order chi connectivity index (χ1) is 19.3. The van der Waals surface area contributed by atoms with E-state index in [1.807, 2.05) is 60.7 Å². The maximum Gasteiger partial charge on any atom is 0.339 e. The number of rotatable bonds is 8. The van der Waals surface area contributed by atoms with Gasteiger partial charge in [0.15, 0.2) is 10.9 Å². The van der Waals surface area contributed by atoms with Crippen molar-refractivity contribution in [2.45, 2.75) is 18.0 Å². The van der Waals surface area contributed by atoms with Crippen LogP contribution >= 0.6 is 35.0 Å². The zero-order valence-electron chi connectivity index (χ0n) is 20.9. The van der Waals surface area contributed by atoms with Crippen LogP contribution in [-0.4, -0.2) is 24.4 Å². The van der Waals surface area contributed by atoms with Crippen LogP contribution in [0.4, 0.5) is 0 Å². The van der Waals surface area contributed by atoms with E-state index in [0.29, 0.717) is 23.2 Å². The molecule has 4 aromatic carbocycles. The van der Waals surface area contributed by atoms with Crippen LogP contribution in [0.5, 0.6) is 5.75 Å². The van der Waals surface area contributed by atoms with E-state index in [1.165, 1.54) is 42.1 Å². The summed E-state index contributed by atoms with van der Waals surface area (Å²) >= 11 is 13.9. The minimum Gasteiger partial charge on any atom is -0.377 e. The van der Waals surface area contributed by atoms with E-state index in [2.05, 4.69) is 0 Å². The fourth-order valence-electron chi connectivity index (χ4n) is 3.94. The van der Waals surface area contributed by atoms with Crippen LogP contribution in [0.3, 0.4) is 0 Å². The Morgan fingerprint density at radius 3 is 2.10 bits per heavy atom. The number of hydrogen-bond donors (Lipinski definition) is 0. The number of benzene rings is 4. The summed E-state index contributed by atoms with van der Waals surface area (Å²) in [5.41, 5.74) is 2.19. The minimum atomic E-state index is -4.20. The predicted octanol–water partition coefficient (Wildman–Crippen LogP) is 7.43. The molecule has 1 aliphatic rings. The van der Waals surface area contributed by atoms with Crippen molar-refractivity contribution in [3.05, 3.63) is 135 Å². The van der Waals surface area contributed by atoms with Gasteiger partial charge in [-0.1, -0.05) is 102 Å². The second-order valence-corrected chi connectivity index (χ2v) is 12.1. The van der Waals surface area contributed by atoms with Gasteiger partial charge in [0.25, 0.3) is 5.91 Å². The van der Waals surface area contributed by atoms with Crippen molar-refractivity contribution in [1.29, 1.82) is 0 Å². The van der Waals surface area contributed by atoms with Gasteiger partial charge < -0.3 is 4.18 Å². The summed E-state index contributed by atoms with van der Waals surface area (Å²) in [5.74, 6) is -0.409. The summed E-state index contributed by atoms with van der Waals surface area (Å²) in [6.45, 7) is 0.710. The lowest BCUT2D eigenvalue weighted by Crippen LogP contribution is -2.28. The van der Waals surface area contributed by atoms with Gasteiger partial charge in [0.1, 0.15) is 4.90 Å². The lowest BCUT2D eigenvalue weighted by Gasteiger charge is -2.16. The van der Waals surface area contributed by atoms with Gasteiger partial charge in [0.05, 0.1) is 23.0 Å². The lowest BCUT2D eigenvalue weighted by molar-refractivity contribution is -0.122. The molecule has 1 heterocycles. The van der Waals surface area contributed by atoms with E-state index >= 15 is 0 Å². The Hall–Kier alpha value is -3.56. The van der Waals surface area contributed by atoms with Crippen LogP contribution in [0.2, 0.25) is 10.0 Å². The first-order valence-electron chi connectivity index (χ1n) is 12.1. The standard InChI is InChI=1S/C30H22Cl2N2O4S2/c31-24-16-23(28(26(32)18-24)38-40(36,37)25-14-8-3-9-15-25)17-27-29(35)34(20-22-12-6-2-7-13-22)30(39-27)33-19-21-10-4-1-5-11-21/h1-18H,19-20H2/b27-17+,33-30?. The molecule has 0 unspecified atom stereocenters. The topological polar surface area (TPSA) is 76.0 Å². The van der Waals surface area contributed by atoms with Crippen molar-refractivity contribution in [2.75, 3.05) is 0 Å². The maximum atomic E-state index is 13.7. The van der Waals surface area contributed by atoms with Crippen molar-refractivity contribution < 1.29 is 17.4 Å². The molecule has 202 valence electrons. The Morgan fingerprint density at radius 1 is 0.850 bits per heavy atom. The van der Waals surface area contributed by atoms with Gasteiger partial charge >= 0.3 is 10.1 Å². The number of carbonyl (C=O) groups is 1. The third kappa shape index (κ3) is 6.59. The lowest BCUT2D eigenvalue weighted by atomic mass is 10.1. The van der Waals surface area contributed by atoms with E-state index in [4.69, 9.17) is 32.4 Å². The van der Waals surface area contributed by atoms with Crippen LogP contribution < -0.4 is 4.18 Å². The number of nitrogens with zero attached hydrogens (tertiary/aromatic N) is 2. The molecular formula is C30H22Cl2N2O4S2. The second kappa shape index (κ2) is 12.3. The van der Waals surface area contributed by atoms with Crippen LogP contribution in [0.1, 0.15) is 16.7 Å². The molecule has 0 aliphatic carbocycles. The van der Waals surface area contributed by atoms with Gasteiger partial charge in [-0.15, -0.1) is 0 Å². The normalized spacial score (nSPS) is 15.7. The molecule has 1 aliphatic heterocycles. The average Bonchev–Trinajstić information content (AvgIpc) is 3.24. The second-order valence-electron chi connectivity index (χ2n) is 8.73. The van der Waals surface area contributed by atoms with Gasteiger partial charge in [-0.25, -0.2) is 0 Å². The average molecular weight is 610 g/mol. The summed E-state index contributed by atoms with van der Waals surface area (Å²) in [5, 5.41) is 0.778. The minimum absolute atomic E-state index is 0.00610. The number of amidine groups is 1. The maximum absolute atomic E-state index is 13.7. The van der Waals surface area contributed by atoms with Crippen molar-refractivity contribution in [1.82, 2.24) is 4.90 Å². The zero-order chi connectivity index (χ0) is 28.1. The zero-order valence-corrected chi connectivity index (χ0v) is 24.1. The van der Waals surface area contributed by atoms with Gasteiger partial charge in [-0.2, -0.15) is 8.42 Å². The van der Waals surface area contributed by atoms with E-state index in [0.717, 1.165) is 11.1 Å². The Labute approximate surface area is 247 Å². The smallest absolute Gasteiger partial charge is 0.339 e. The molecule has 6 nitrogen and oxygen atoms in total. The number of thioether (sulfide) groups is 1. The molecule has 0 N–H and O–H groups in total. The quantitative estimate of drug-likeness (QED) is 0.153. The van der Waals surface area contributed by atoms with Crippen LogP contribution in [0.15, 0.2) is 118 Å². The monoisotopic (exact) mass is 608 g/mol. The molecule has 0 bridgehead atoms. The fourth-order valence-corrected chi connectivity index (χ4v) is 6.49. The first-order valence-corrected chi connectivity index (χ1v) is 15.1. The number of hydrogen-bond acceptors (Lipinski definition) is 6. The van der Waals surface area contributed by atoms with Crippen molar-refractivity contribution in [2.24, 2.45) is 4.99 Å². The fraction of sp³-hybridized carbons (Fsp3) is 0.0667. The van der Waals surface area contributed by atoms with Gasteiger partial charge in [-0.3, -0.25) is 14.7 Å². The summed E-state index contributed by atoms with van der Waals surface area (Å²) in [6.07, 6.45) is 1.53. The van der Waals surface area contributed by atoms with E-state index in [9.17, 15) is 13.2 Å². The van der Waals surface area contributed by atoms with Crippen LogP contribution in [0.25, 0.3) is 6.08 Å². The highest BCUT2D eigenvalue weighted by atomic mass is 35.5. The highest BCUT2D eigenvalue weighted by Crippen LogP contribution is 2.40. The third-order valence-corrected chi connectivity index (χ3v) is 8.64. The number of amides is 1. The molecule has 0 aromatic heterocycles. The third-order valence-electron chi connectivity index (χ3n) is 5.86. The first kappa shape index (κ1) is 28.0. The summed E-state index contributed by atoms with van der Waals surface area (Å²) in [4.78, 5) is 20.3. The van der Waals surface area contributed by atoms with Crippen LogP contribution in [-0.2, 0) is 28.0 Å². The van der Waals surface area contributed by atoms with Crippen molar-refractivity contribution >= 4 is 62.2 Å². The molecule has 0 atom stereocenters. The largest absolute Gasteiger partial charge is 0.377 e. The highest BCUT2D eigenvalue weighted by molar-refractivity contribution is 8.18. The Kier molecular flexibility index (Phi) is 8.61. The Balaban J connectivity index is 1.52. The van der Waals surface area contributed by atoms with E-state index in [-0.39, 0.29) is 32.2 Å². The molecule has 10 heteroatoms. The van der Waals surface area contributed by atoms with E-state index in [1.54, 1.807) is 23.1 Å². The number of aliphatic imine (C=N–C) groups is 1. The summed E-state index contributed by atoms with van der Waals surface area (Å²) in [7, 11) is -4.20. The van der Waals surface area contributed by atoms with Gasteiger partial charge in [0.2, 0.25) is 0 Å². The molecule has 0 spiro atoms. The SMILES string of the molecule is O=C1/C(=C\c2cc(Cl)cc(Cl)c2OS(=O)(=O)c2ccccc2)SC(=NCc2ccccc2)N1Cc1ccccc1. The molecule has 1 saturated heterocycles. The molecule has 0 radical (unpaired) electrons. The molecular weight excluding hydrogens is 587 g/mol. The van der Waals surface area contributed by atoms with Gasteiger partial charge in [0, 0.05) is 10.6 Å². The summed E-state index contributed by atoms with van der Waals surface area (Å²) < 4.78 is 31.4. The molecule has 40 heavy (non-hydrogen) atoms. The Bertz CT molecular complexity index is 1700. The van der Waals surface area contributed by atoms with Crippen LogP contribution in [0, 0.1) is 0 Å². The predicted molar refractivity (Wildman–Crippen MR) is 161 cm³/mol. The van der Waals surface area contributed by atoms with Gasteiger partial charge in [-0.05, 0) is 53.2 Å². The van der Waals surface area contributed by atoms with Crippen molar-refractivity contribution in [3.8, 4) is 5.75 Å². The Morgan fingerprint density at radius 2 is 1.45 bits per heavy atom. The number of halogens is 2.